The van der Waals surface area contributed by atoms with Crippen molar-refractivity contribution in [3.05, 3.63) is 16.4 Å². The van der Waals surface area contributed by atoms with Crippen LogP contribution in [0.1, 0.15) is 24.6 Å². The highest BCUT2D eigenvalue weighted by Crippen LogP contribution is 2.28. The van der Waals surface area contributed by atoms with E-state index in [0.29, 0.717) is 11.7 Å². The van der Waals surface area contributed by atoms with Crippen molar-refractivity contribution in [3.8, 4) is 0 Å². The summed E-state index contributed by atoms with van der Waals surface area (Å²) in [4.78, 5) is 0. The molecule has 0 amide bonds. The first-order valence-corrected chi connectivity index (χ1v) is 7.68. The zero-order chi connectivity index (χ0) is 11.8. The van der Waals surface area contributed by atoms with Crippen molar-refractivity contribution in [2.45, 2.75) is 32.7 Å². The molecule has 0 aromatic carbocycles. The average molecular weight is 263 g/mol. The quantitative estimate of drug-likeness (QED) is 0.826. The summed E-state index contributed by atoms with van der Waals surface area (Å²) < 4.78 is 24.4. The molecule has 1 heterocycles. The van der Waals surface area contributed by atoms with E-state index in [4.69, 9.17) is 11.6 Å². The fraction of sp³-hybridized carbons (Fsp3) is 0.700. The van der Waals surface area contributed by atoms with Gasteiger partial charge in [-0.05, 0) is 19.3 Å². The van der Waals surface area contributed by atoms with Gasteiger partial charge in [-0.15, -0.1) is 0 Å². The molecule has 0 spiro atoms. The average Bonchev–Trinajstić information content (AvgIpc) is 2.80. The number of halogens is 1. The van der Waals surface area contributed by atoms with E-state index in [-0.39, 0.29) is 11.5 Å². The van der Waals surface area contributed by atoms with Crippen LogP contribution in [0.3, 0.4) is 0 Å². The van der Waals surface area contributed by atoms with Gasteiger partial charge >= 0.3 is 0 Å². The second kappa shape index (κ2) is 4.37. The third-order valence-electron chi connectivity index (χ3n) is 2.96. The molecule has 90 valence electrons. The van der Waals surface area contributed by atoms with E-state index in [0.717, 1.165) is 30.5 Å². The molecule has 16 heavy (non-hydrogen) atoms. The van der Waals surface area contributed by atoms with Gasteiger partial charge in [0.25, 0.3) is 0 Å². The number of hydrogen-bond acceptors (Lipinski definition) is 3. The molecular formula is C10H15ClN2O2S. The molecular weight excluding hydrogens is 248 g/mol. The number of aryl methyl sites for hydroxylation is 2. The van der Waals surface area contributed by atoms with Crippen molar-refractivity contribution in [1.82, 2.24) is 9.78 Å². The van der Waals surface area contributed by atoms with Crippen LogP contribution in [0.15, 0.2) is 0 Å². The Morgan fingerprint density at radius 3 is 2.81 bits per heavy atom. The Hall–Kier alpha value is -0.550. The standard InChI is InChI=1S/C10H15ClN2O2S/c1-2-16(14,15)7-6-13-10(11)8-4-3-5-9(8)12-13/h2-7H2,1H3. The molecule has 0 bridgehead atoms. The number of nitrogens with zero attached hydrogens (tertiary/aromatic N) is 2. The third kappa shape index (κ3) is 2.25. The number of fused-ring (bicyclic) bond motifs is 1. The molecule has 1 aromatic heterocycles. The van der Waals surface area contributed by atoms with Crippen molar-refractivity contribution < 1.29 is 8.42 Å². The molecule has 1 aromatic rings. The van der Waals surface area contributed by atoms with Gasteiger partial charge in [0.2, 0.25) is 0 Å². The van der Waals surface area contributed by atoms with Gasteiger partial charge in [-0.2, -0.15) is 5.10 Å². The summed E-state index contributed by atoms with van der Waals surface area (Å²) in [6.45, 7) is 2.02. The van der Waals surface area contributed by atoms with E-state index in [1.54, 1.807) is 11.6 Å². The summed E-state index contributed by atoms with van der Waals surface area (Å²) in [6, 6.07) is 0. The van der Waals surface area contributed by atoms with E-state index < -0.39 is 9.84 Å². The van der Waals surface area contributed by atoms with Crippen LogP contribution in [-0.2, 0) is 29.2 Å². The highest BCUT2D eigenvalue weighted by atomic mass is 35.5. The van der Waals surface area contributed by atoms with Crippen molar-refractivity contribution >= 4 is 21.4 Å². The lowest BCUT2D eigenvalue weighted by molar-refractivity contribution is 0.579. The Kier molecular flexibility index (Phi) is 3.26. The zero-order valence-electron chi connectivity index (χ0n) is 9.24. The van der Waals surface area contributed by atoms with Crippen LogP contribution >= 0.6 is 11.6 Å². The van der Waals surface area contributed by atoms with Crippen LogP contribution in [0.25, 0.3) is 0 Å². The molecule has 0 fully saturated rings. The molecule has 0 N–H and O–H groups in total. The molecule has 0 atom stereocenters. The van der Waals surface area contributed by atoms with E-state index in [1.165, 1.54) is 0 Å². The van der Waals surface area contributed by atoms with Crippen molar-refractivity contribution in [2.75, 3.05) is 11.5 Å². The minimum atomic E-state index is -2.95. The summed E-state index contributed by atoms with van der Waals surface area (Å²) in [6.07, 6.45) is 3.03. The fourth-order valence-corrected chi connectivity index (χ4v) is 2.99. The van der Waals surface area contributed by atoms with Gasteiger partial charge in [0, 0.05) is 11.3 Å². The first-order valence-electron chi connectivity index (χ1n) is 5.48. The fourth-order valence-electron chi connectivity index (χ4n) is 1.92. The van der Waals surface area contributed by atoms with Gasteiger partial charge < -0.3 is 0 Å². The molecule has 6 heteroatoms. The summed E-state index contributed by atoms with van der Waals surface area (Å²) in [5.74, 6) is 0.287. The summed E-state index contributed by atoms with van der Waals surface area (Å²) >= 11 is 6.15. The van der Waals surface area contributed by atoms with Crippen LogP contribution < -0.4 is 0 Å². The van der Waals surface area contributed by atoms with E-state index in [9.17, 15) is 8.42 Å². The SMILES string of the molecule is CCS(=O)(=O)CCn1nc2c(c1Cl)CCC2. The molecule has 1 aliphatic rings. The molecule has 4 nitrogen and oxygen atoms in total. The normalized spacial score (nSPS) is 15.4. The monoisotopic (exact) mass is 262 g/mol. The molecule has 0 aliphatic heterocycles. The zero-order valence-corrected chi connectivity index (χ0v) is 10.8. The van der Waals surface area contributed by atoms with Crippen LogP contribution in [-0.4, -0.2) is 29.7 Å². The summed E-state index contributed by atoms with van der Waals surface area (Å²) in [7, 11) is -2.95. The van der Waals surface area contributed by atoms with Gasteiger partial charge in [0.05, 0.1) is 18.0 Å². The lowest BCUT2D eigenvalue weighted by Crippen LogP contribution is -2.15. The number of rotatable bonds is 4. The first kappa shape index (κ1) is 11.9. The first-order chi connectivity index (χ1) is 7.53. The Morgan fingerprint density at radius 1 is 1.44 bits per heavy atom. The van der Waals surface area contributed by atoms with E-state index in [2.05, 4.69) is 5.10 Å². The highest BCUT2D eigenvalue weighted by molar-refractivity contribution is 7.91. The summed E-state index contributed by atoms with van der Waals surface area (Å²) in [5, 5.41) is 4.97. The molecule has 0 saturated carbocycles. The molecule has 1 aliphatic carbocycles. The van der Waals surface area contributed by atoms with Gasteiger partial charge in [-0.3, -0.25) is 4.68 Å². The predicted octanol–water partition coefficient (Wildman–Crippen LogP) is 1.46. The molecule has 2 rings (SSSR count). The maximum atomic E-state index is 11.4. The maximum absolute atomic E-state index is 11.4. The van der Waals surface area contributed by atoms with Crippen LogP contribution in [0.4, 0.5) is 0 Å². The number of aromatic nitrogens is 2. The molecule has 0 saturated heterocycles. The largest absolute Gasteiger partial charge is 0.252 e. The van der Waals surface area contributed by atoms with Crippen molar-refractivity contribution in [2.24, 2.45) is 0 Å². The minimum absolute atomic E-state index is 0.115. The van der Waals surface area contributed by atoms with Crippen LogP contribution in [0.2, 0.25) is 5.15 Å². The lowest BCUT2D eigenvalue weighted by Gasteiger charge is -2.04. The Bertz CT molecular complexity index is 493. The van der Waals surface area contributed by atoms with Crippen molar-refractivity contribution in [1.29, 1.82) is 0 Å². The Morgan fingerprint density at radius 2 is 2.19 bits per heavy atom. The topological polar surface area (TPSA) is 52.0 Å². The minimum Gasteiger partial charge on any atom is -0.252 e. The smallest absolute Gasteiger partial charge is 0.151 e. The molecule has 0 unspecified atom stereocenters. The second-order valence-electron chi connectivity index (χ2n) is 4.03. The Labute approximate surface area is 101 Å². The van der Waals surface area contributed by atoms with Crippen molar-refractivity contribution in [3.63, 3.8) is 0 Å². The maximum Gasteiger partial charge on any atom is 0.151 e. The van der Waals surface area contributed by atoms with Gasteiger partial charge in [0.1, 0.15) is 5.15 Å². The van der Waals surface area contributed by atoms with Gasteiger partial charge in [-0.1, -0.05) is 18.5 Å². The Balaban J connectivity index is 2.12. The lowest BCUT2D eigenvalue weighted by atomic mass is 10.3. The molecule has 0 radical (unpaired) electrons. The van der Waals surface area contributed by atoms with E-state index in [1.807, 2.05) is 0 Å². The van der Waals surface area contributed by atoms with Crippen LogP contribution in [0, 0.1) is 0 Å². The third-order valence-corrected chi connectivity index (χ3v) is 5.07. The number of hydrogen-bond donors (Lipinski definition) is 0. The van der Waals surface area contributed by atoms with Crippen LogP contribution in [0.5, 0.6) is 0 Å². The number of sulfone groups is 1. The van der Waals surface area contributed by atoms with E-state index >= 15 is 0 Å². The van der Waals surface area contributed by atoms with Gasteiger partial charge in [0.15, 0.2) is 9.84 Å². The second-order valence-corrected chi connectivity index (χ2v) is 6.86. The van der Waals surface area contributed by atoms with Gasteiger partial charge in [-0.25, -0.2) is 8.42 Å². The predicted molar refractivity (Wildman–Crippen MR) is 63.6 cm³/mol. The summed E-state index contributed by atoms with van der Waals surface area (Å²) in [5.41, 5.74) is 2.15. The highest BCUT2D eigenvalue weighted by Gasteiger charge is 2.21.